The van der Waals surface area contributed by atoms with E-state index >= 15 is 0 Å². The van der Waals surface area contributed by atoms with E-state index in [9.17, 15) is 30.3 Å². The molecule has 220 valence electrons. The van der Waals surface area contributed by atoms with E-state index in [0.717, 1.165) is 19.3 Å². The fourth-order valence-electron chi connectivity index (χ4n) is 5.97. The molecule has 0 aromatic carbocycles. The lowest BCUT2D eigenvalue weighted by atomic mass is 9.82. The number of ketones is 1. The van der Waals surface area contributed by atoms with Crippen molar-refractivity contribution >= 4 is 5.78 Å². The number of ether oxygens (including phenoxy) is 6. The minimum atomic E-state index is -1.45. The van der Waals surface area contributed by atoms with E-state index in [1.54, 1.807) is 6.92 Å². The maximum Gasteiger partial charge on any atom is 0.187 e. The van der Waals surface area contributed by atoms with Crippen LogP contribution in [0.4, 0.5) is 0 Å². The van der Waals surface area contributed by atoms with Gasteiger partial charge in [-0.2, -0.15) is 0 Å². The summed E-state index contributed by atoms with van der Waals surface area (Å²) in [6.07, 6.45) is -8.75. The molecule has 4 fully saturated rings. The van der Waals surface area contributed by atoms with E-state index < -0.39 is 86.3 Å². The third kappa shape index (κ3) is 6.41. The average Bonchev–Trinajstić information content (AvgIpc) is 2.88. The van der Waals surface area contributed by atoms with Gasteiger partial charge in [0.15, 0.2) is 18.4 Å². The van der Waals surface area contributed by atoms with Gasteiger partial charge < -0.3 is 54.0 Å². The number of hydrogen-bond acceptors (Lipinski definition) is 12. The van der Waals surface area contributed by atoms with Crippen LogP contribution in [0.2, 0.25) is 0 Å². The van der Waals surface area contributed by atoms with Crippen molar-refractivity contribution in [3.63, 3.8) is 0 Å². The van der Waals surface area contributed by atoms with Crippen LogP contribution in [0.15, 0.2) is 0 Å². The standard InChI is InChI=1S/C26H44O12/c1-4-14-7-5-8-16(22(14)38-25-21(32)20(31)18(29)13(3)34-25)36-26-24-23(19(30)17(11-27)37-26)35-15(12(2)28)9-6-10-33-24/h13-27,29-32H,4-11H2,1-3H3/t13?,14-,15-,16-,17?,18-,19+,20?,21+,22?,23?,24?,25+,26-/m1/s1. The SMILES string of the molecule is CC[C@@H]1CCC[C@@H](O[C@@H]2OC(CO)[C@H](O)C3O[C@@H](C(C)=O)CCCOC32)C1O[C@@H]1OC(C)[C@@H](O)C(O)[C@@H]1O. The van der Waals surface area contributed by atoms with Crippen LogP contribution in [0.3, 0.4) is 0 Å². The third-order valence-electron chi connectivity index (χ3n) is 8.32. The van der Waals surface area contributed by atoms with Crippen LogP contribution in [-0.4, -0.2) is 124 Å². The Balaban J connectivity index is 1.54. The lowest BCUT2D eigenvalue weighted by Gasteiger charge is -2.48. The first-order chi connectivity index (χ1) is 18.2. The molecule has 4 aliphatic rings. The molecule has 1 saturated carbocycles. The molecule has 5 N–H and O–H groups in total. The predicted octanol–water partition coefficient (Wildman–Crippen LogP) is -0.606. The molecular formula is C26H44O12. The molecule has 3 aliphatic heterocycles. The molecule has 0 spiro atoms. The first-order valence-corrected chi connectivity index (χ1v) is 13.9. The molecule has 38 heavy (non-hydrogen) atoms. The van der Waals surface area contributed by atoms with Crippen molar-refractivity contribution in [3.8, 4) is 0 Å². The minimum absolute atomic E-state index is 0.0547. The van der Waals surface area contributed by atoms with Gasteiger partial charge in [-0.05, 0) is 45.4 Å². The van der Waals surface area contributed by atoms with Crippen LogP contribution in [0, 0.1) is 5.92 Å². The molecule has 6 unspecified atom stereocenters. The zero-order valence-corrected chi connectivity index (χ0v) is 22.3. The van der Waals surface area contributed by atoms with Gasteiger partial charge in [-0.3, -0.25) is 4.79 Å². The Bertz CT molecular complexity index is 769. The van der Waals surface area contributed by atoms with Gasteiger partial charge in [-0.25, -0.2) is 0 Å². The van der Waals surface area contributed by atoms with E-state index in [1.807, 2.05) is 6.92 Å². The molecule has 0 bridgehead atoms. The summed E-state index contributed by atoms with van der Waals surface area (Å²) < 4.78 is 36.4. The Morgan fingerprint density at radius 3 is 2.32 bits per heavy atom. The maximum absolute atomic E-state index is 12.1. The van der Waals surface area contributed by atoms with Crippen molar-refractivity contribution in [2.24, 2.45) is 5.92 Å². The van der Waals surface area contributed by atoms with E-state index in [1.165, 1.54) is 6.92 Å². The van der Waals surface area contributed by atoms with Crippen molar-refractivity contribution in [2.45, 2.75) is 139 Å². The first kappa shape index (κ1) is 30.2. The van der Waals surface area contributed by atoms with Crippen molar-refractivity contribution in [3.05, 3.63) is 0 Å². The quantitative estimate of drug-likeness (QED) is 0.274. The average molecular weight is 549 g/mol. The second-order valence-electron chi connectivity index (χ2n) is 10.9. The Morgan fingerprint density at radius 1 is 0.868 bits per heavy atom. The van der Waals surface area contributed by atoms with Crippen LogP contribution in [-0.2, 0) is 33.2 Å². The summed E-state index contributed by atoms with van der Waals surface area (Å²) in [4.78, 5) is 12.1. The Kier molecular flexibility index (Phi) is 10.5. The van der Waals surface area contributed by atoms with Crippen molar-refractivity contribution < 1.29 is 58.7 Å². The maximum atomic E-state index is 12.1. The van der Waals surface area contributed by atoms with Crippen LogP contribution < -0.4 is 0 Å². The van der Waals surface area contributed by atoms with Gasteiger partial charge in [0.1, 0.15) is 48.8 Å². The monoisotopic (exact) mass is 548 g/mol. The Labute approximate surface area is 223 Å². The molecule has 0 amide bonds. The smallest absolute Gasteiger partial charge is 0.187 e. The van der Waals surface area contributed by atoms with Gasteiger partial charge >= 0.3 is 0 Å². The number of rotatable bonds is 7. The van der Waals surface area contributed by atoms with E-state index in [2.05, 4.69) is 0 Å². The third-order valence-corrected chi connectivity index (χ3v) is 8.32. The summed E-state index contributed by atoms with van der Waals surface area (Å²) in [5.41, 5.74) is 0. The number of aliphatic hydroxyl groups excluding tert-OH is 5. The zero-order chi connectivity index (χ0) is 27.6. The fourth-order valence-corrected chi connectivity index (χ4v) is 5.97. The number of aliphatic hydroxyl groups is 5. The van der Waals surface area contributed by atoms with Gasteiger partial charge in [0, 0.05) is 6.61 Å². The number of carbonyl (C=O) groups is 1. The largest absolute Gasteiger partial charge is 0.394 e. The van der Waals surface area contributed by atoms with E-state index in [0.29, 0.717) is 25.9 Å². The van der Waals surface area contributed by atoms with Crippen LogP contribution in [0.25, 0.3) is 0 Å². The molecule has 14 atom stereocenters. The van der Waals surface area contributed by atoms with Crippen LogP contribution >= 0.6 is 0 Å². The fraction of sp³-hybridized carbons (Fsp3) is 0.962. The highest BCUT2D eigenvalue weighted by molar-refractivity contribution is 5.80. The number of Topliss-reactive ketones (excluding diaryl/α,β-unsaturated/α-hetero) is 1. The summed E-state index contributed by atoms with van der Waals surface area (Å²) in [5, 5.41) is 51.7. The lowest BCUT2D eigenvalue weighted by molar-refractivity contribution is -0.354. The molecular weight excluding hydrogens is 504 g/mol. The van der Waals surface area contributed by atoms with Crippen LogP contribution in [0.1, 0.15) is 59.3 Å². The first-order valence-electron chi connectivity index (χ1n) is 13.9. The number of hydrogen-bond donors (Lipinski definition) is 5. The van der Waals surface area contributed by atoms with Gasteiger partial charge in [0.25, 0.3) is 0 Å². The Hall–Kier alpha value is -0.770. The van der Waals surface area contributed by atoms with E-state index in [4.69, 9.17) is 28.4 Å². The number of carbonyl (C=O) groups excluding carboxylic acids is 1. The predicted molar refractivity (Wildman–Crippen MR) is 130 cm³/mol. The molecule has 3 heterocycles. The zero-order valence-electron chi connectivity index (χ0n) is 22.3. The van der Waals surface area contributed by atoms with Gasteiger partial charge in [0.05, 0.1) is 24.9 Å². The van der Waals surface area contributed by atoms with Gasteiger partial charge in [-0.1, -0.05) is 19.8 Å². The van der Waals surface area contributed by atoms with Crippen LogP contribution in [0.5, 0.6) is 0 Å². The van der Waals surface area contributed by atoms with Crippen molar-refractivity contribution in [1.82, 2.24) is 0 Å². The highest BCUT2D eigenvalue weighted by Gasteiger charge is 2.51. The van der Waals surface area contributed by atoms with Crippen molar-refractivity contribution in [2.75, 3.05) is 13.2 Å². The minimum Gasteiger partial charge on any atom is -0.394 e. The van der Waals surface area contributed by atoms with Gasteiger partial charge in [-0.15, -0.1) is 0 Å². The molecule has 0 radical (unpaired) electrons. The summed E-state index contributed by atoms with van der Waals surface area (Å²) in [6, 6.07) is 0. The molecule has 0 aromatic rings. The summed E-state index contributed by atoms with van der Waals surface area (Å²) in [6.45, 7) is 4.90. The Morgan fingerprint density at radius 2 is 1.63 bits per heavy atom. The van der Waals surface area contributed by atoms with Crippen molar-refractivity contribution in [1.29, 1.82) is 0 Å². The summed E-state index contributed by atoms with van der Waals surface area (Å²) >= 11 is 0. The molecule has 12 nitrogen and oxygen atoms in total. The molecule has 1 aliphatic carbocycles. The second-order valence-corrected chi connectivity index (χ2v) is 10.9. The highest BCUT2D eigenvalue weighted by atomic mass is 16.7. The van der Waals surface area contributed by atoms with E-state index in [-0.39, 0.29) is 11.7 Å². The molecule has 4 rings (SSSR count). The highest BCUT2D eigenvalue weighted by Crippen LogP contribution is 2.37. The molecule has 0 aromatic heterocycles. The summed E-state index contributed by atoms with van der Waals surface area (Å²) in [5.74, 6) is -0.0967. The molecule has 12 heteroatoms. The summed E-state index contributed by atoms with van der Waals surface area (Å²) in [7, 11) is 0. The number of fused-ring (bicyclic) bond motifs is 1. The lowest BCUT2D eigenvalue weighted by Crippen LogP contribution is -2.64. The topological polar surface area (TPSA) is 174 Å². The molecule has 3 saturated heterocycles. The van der Waals surface area contributed by atoms with Gasteiger partial charge in [0.2, 0.25) is 0 Å². The second kappa shape index (κ2) is 13.3. The normalized spacial score (nSPS) is 48.5.